The van der Waals surface area contributed by atoms with Crippen LogP contribution in [0.15, 0.2) is 53.3 Å². The van der Waals surface area contributed by atoms with Crippen LogP contribution in [0.5, 0.6) is 0 Å². The van der Waals surface area contributed by atoms with Crippen LogP contribution >= 0.6 is 0 Å². The molecule has 3 aromatic rings. The molecule has 0 saturated heterocycles. The summed E-state index contributed by atoms with van der Waals surface area (Å²) in [5.41, 5.74) is 1.11. The fourth-order valence-electron chi connectivity index (χ4n) is 3.06. The van der Waals surface area contributed by atoms with Gasteiger partial charge < -0.3 is 5.32 Å². The van der Waals surface area contributed by atoms with Crippen LogP contribution < -0.4 is 10.9 Å². The van der Waals surface area contributed by atoms with Crippen LogP contribution in [-0.4, -0.2) is 10.5 Å². The maximum absolute atomic E-state index is 12.8. The van der Waals surface area contributed by atoms with E-state index >= 15 is 0 Å². The molecule has 0 aliphatic heterocycles. The van der Waals surface area contributed by atoms with Gasteiger partial charge in [-0.2, -0.15) is 13.2 Å². The first-order valence-electron chi connectivity index (χ1n) is 8.23. The van der Waals surface area contributed by atoms with Gasteiger partial charge in [-0.05, 0) is 43.2 Å². The van der Waals surface area contributed by atoms with E-state index in [1.54, 1.807) is 0 Å². The monoisotopic (exact) mass is 374 g/mol. The molecule has 4 nitrogen and oxygen atoms in total. The predicted octanol–water partition coefficient (Wildman–Crippen LogP) is 4.28. The molecule has 1 heterocycles. The first kappa shape index (κ1) is 18.7. The number of aryl methyl sites for hydroxylation is 2. The van der Waals surface area contributed by atoms with Crippen molar-refractivity contribution in [1.29, 1.82) is 0 Å². The Labute approximate surface area is 153 Å². The standard InChI is InChI=1S/C20H17F3N2O2/c1-12-5-3-8-16-13(2)9-18(27)25(19(12)16)11-17(26)24-15-7-4-6-14(10-15)20(21,22)23/h3-10H,11H2,1-2H3,(H,24,26). The summed E-state index contributed by atoms with van der Waals surface area (Å²) in [7, 11) is 0. The Morgan fingerprint density at radius 1 is 1.04 bits per heavy atom. The number of carbonyl (C=O) groups is 1. The van der Waals surface area contributed by atoms with Gasteiger partial charge in [0.2, 0.25) is 5.91 Å². The number of aromatic nitrogens is 1. The molecule has 27 heavy (non-hydrogen) atoms. The van der Waals surface area contributed by atoms with E-state index in [9.17, 15) is 22.8 Å². The fourth-order valence-corrected chi connectivity index (χ4v) is 3.06. The number of anilines is 1. The first-order valence-corrected chi connectivity index (χ1v) is 8.23. The van der Waals surface area contributed by atoms with Gasteiger partial charge >= 0.3 is 6.18 Å². The van der Waals surface area contributed by atoms with Crippen molar-refractivity contribution >= 4 is 22.5 Å². The second-order valence-electron chi connectivity index (χ2n) is 6.35. The normalized spacial score (nSPS) is 11.6. The number of halogens is 3. The average Bonchev–Trinajstić information content (AvgIpc) is 2.58. The van der Waals surface area contributed by atoms with Crippen molar-refractivity contribution in [3.05, 3.63) is 75.6 Å². The van der Waals surface area contributed by atoms with Crippen LogP contribution in [0.25, 0.3) is 10.9 Å². The Morgan fingerprint density at radius 2 is 1.74 bits per heavy atom. The number of nitrogens with zero attached hydrogens (tertiary/aromatic N) is 1. The van der Waals surface area contributed by atoms with E-state index in [1.165, 1.54) is 22.8 Å². The van der Waals surface area contributed by atoms with Gasteiger partial charge in [0, 0.05) is 17.1 Å². The van der Waals surface area contributed by atoms with Crippen molar-refractivity contribution in [3.8, 4) is 0 Å². The summed E-state index contributed by atoms with van der Waals surface area (Å²) >= 11 is 0. The number of benzene rings is 2. The molecule has 2 aromatic carbocycles. The summed E-state index contributed by atoms with van der Waals surface area (Å²) in [4.78, 5) is 24.8. The topological polar surface area (TPSA) is 51.1 Å². The zero-order valence-electron chi connectivity index (χ0n) is 14.7. The van der Waals surface area contributed by atoms with Crippen LogP contribution in [0, 0.1) is 13.8 Å². The lowest BCUT2D eigenvalue weighted by Crippen LogP contribution is -2.28. The van der Waals surface area contributed by atoms with Gasteiger partial charge in [-0.15, -0.1) is 0 Å². The Kier molecular flexibility index (Phi) is 4.78. The number of alkyl halides is 3. The third kappa shape index (κ3) is 3.86. The van der Waals surface area contributed by atoms with E-state index in [0.717, 1.165) is 28.6 Å². The smallest absolute Gasteiger partial charge is 0.325 e. The summed E-state index contributed by atoms with van der Waals surface area (Å²) in [5.74, 6) is -0.579. The van der Waals surface area contributed by atoms with Crippen LogP contribution in [0.1, 0.15) is 16.7 Å². The molecule has 0 unspecified atom stereocenters. The van der Waals surface area contributed by atoms with Crippen LogP contribution in [-0.2, 0) is 17.5 Å². The van der Waals surface area contributed by atoms with E-state index in [0.29, 0.717) is 5.52 Å². The lowest BCUT2D eigenvalue weighted by Gasteiger charge is -2.14. The molecular weight excluding hydrogens is 357 g/mol. The number of amides is 1. The number of para-hydroxylation sites is 1. The van der Waals surface area contributed by atoms with Gasteiger partial charge in [0.05, 0.1) is 11.1 Å². The van der Waals surface area contributed by atoms with Gasteiger partial charge in [0.15, 0.2) is 0 Å². The molecule has 140 valence electrons. The second-order valence-corrected chi connectivity index (χ2v) is 6.35. The van der Waals surface area contributed by atoms with Crippen molar-refractivity contribution < 1.29 is 18.0 Å². The SMILES string of the molecule is Cc1cc(=O)n(CC(=O)Nc2cccc(C(F)(F)F)c2)c2c(C)cccc12. The molecule has 0 saturated carbocycles. The first-order chi connectivity index (χ1) is 12.7. The van der Waals surface area contributed by atoms with Crippen molar-refractivity contribution in [2.45, 2.75) is 26.6 Å². The highest BCUT2D eigenvalue weighted by molar-refractivity contribution is 5.92. The summed E-state index contributed by atoms with van der Waals surface area (Å²) < 4.78 is 39.7. The van der Waals surface area contributed by atoms with Crippen molar-refractivity contribution in [3.63, 3.8) is 0 Å². The molecule has 1 amide bonds. The Balaban J connectivity index is 1.93. The van der Waals surface area contributed by atoms with E-state index in [1.807, 2.05) is 32.0 Å². The molecule has 0 bridgehead atoms. The van der Waals surface area contributed by atoms with E-state index < -0.39 is 17.6 Å². The molecule has 0 atom stereocenters. The number of fused-ring (bicyclic) bond motifs is 1. The molecule has 0 spiro atoms. The number of carbonyl (C=O) groups excluding carboxylic acids is 1. The van der Waals surface area contributed by atoms with Gasteiger partial charge in [-0.3, -0.25) is 14.2 Å². The molecule has 0 radical (unpaired) electrons. The average molecular weight is 374 g/mol. The number of hydrogen-bond donors (Lipinski definition) is 1. The quantitative estimate of drug-likeness (QED) is 0.744. The van der Waals surface area contributed by atoms with Gasteiger partial charge in [-0.1, -0.05) is 24.3 Å². The third-order valence-electron chi connectivity index (χ3n) is 4.31. The third-order valence-corrected chi connectivity index (χ3v) is 4.31. The Morgan fingerprint density at radius 3 is 2.44 bits per heavy atom. The van der Waals surface area contributed by atoms with Crippen LogP contribution in [0.2, 0.25) is 0 Å². The molecule has 0 aliphatic rings. The van der Waals surface area contributed by atoms with Gasteiger partial charge in [0.1, 0.15) is 6.54 Å². The predicted molar refractivity (Wildman–Crippen MR) is 97.8 cm³/mol. The number of hydrogen-bond acceptors (Lipinski definition) is 2. The van der Waals surface area contributed by atoms with E-state index in [-0.39, 0.29) is 17.8 Å². The lowest BCUT2D eigenvalue weighted by atomic mass is 10.1. The minimum absolute atomic E-state index is 0.0241. The Hall–Kier alpha value is -3.09. The van der Waals surface area contributed by atoms with Gasteiger partial charge in [-0.25, -0.2) is 0 Å². The van der Waals surface area contributed by atoms with Crippen LogP contribution in [0.3, 0.4) is 0 Å². The number of pyridine rings is 1. The number of rotatable bonds is 3. The van der Waals surface area contributed by atoms with E-state index in [2.05, 4.69) is 5.32 Å². The highest BCUT2D eigenvalue weighted by Crippen LogP contribution is 2.30. The minimum Gasteiger partial charge on any atom is -0.325 e. The maximum Gasteiger partial charge on any atom is 0.416 e. The molecule has 0 fully saturated rings. The molecular formula is C20H17F3N2O2. The highest BCUT2D eigenvalue weighted by Gasteiger charge is 2.30. The van der Waals surface area contributed by atoms with Crippen molar-refractivity contribution in [1.82, 2.24) is 4.57 Å². The van der Waals surface area contributed by atoms with Crippen molar-refractivity contribution in [2.24, 2.45) is 0 Å². The van der Waals surface area contributed by atoms with Crippen LogP contribution in [0.4, 0.5) is 18.9 Å². The fraction of sp³-hybridized carbons (Fsp3) is 0.200. The number of nitrogens with one attached hydrogen (secondary N) is 1. The summed E-state index contributed by atoms with van der Waals surface area (Å²) in [6, 6.07) is 11.4. The minimum atomic E-state index is -4.50. The van der Waals surface area contributed by atoms with Gasteiger partial charge in [0.25, 0.3) is 5.56 Å². The molecule has 0 aliphatic carbocycles. The molecule has 3 rings (SSSR count). The lowest BCUT2D eigenvalue weighted by molar-refractivity contribution is -0.137. The maximum atomic E-state index is 12.8. The summed E-state index contributed by atoms with van der Waals surface area (Å²) in [6.07, 6.45) is -4.50. The largest absolute Gasteiger partial charge is 0.416 e. The van der Waals surface area contributed by atoms with Crippen molar-refractivity contribution in [2.75, 3.05) is 5.32 Å². The summed E-state index contributed by atoms with van der Waals surface area (Å²) in [6.45, 7) is 3.36. The second kappa shape index (κ2) is 6.90. The Bertz CT molecular complexity index is 1080. The molecule has 7 heteroatoms. The summed E-state index contributed by atoms with van der Waals surface area (Å²) in [5, 5.41) is 3.28. The highest BCUT2D eigenvalue weighted by atomic mass is 19.4. The zero-order chi connectivity index (χ0) is 19.8. The molecule has 1 aromatic heterocycles. The zero-order valence-corrected chi connectivity index (χ0v) is 14.7. The van der Waals surface area contributed by atoms with E-state index in [4.69, 9.17) is 0 Å². The molecule has 1 N–H and O–H groups in total.